The van der Waals surface area contributed by atoms with E-state index in [-0.39, 0.29) is 0 Å². The number of hydrogen-bond donors (Lipinski definition) is 1. The van der Waals surface area contributed by atoms with E-state index in [9.17, 15) is 8.78 Å². The van der Waals surface area contributed by atoms with Crippen LogP contribution in [0.1, 0.15) is 24.1 Å². The van der Waals surface area contributed by atoms with Crippen molar-refractivity contribution in [2.24, 2.45) is 0 Å². The molecule has 0 aliphatic carbocycles. The number of halogens is 2. The van der Waals surface area contributed by atoms with Gasteiger partial charge >= 0.3 is 0 Å². The second-order valence-corrected chi connectivity index (χ2v) is 4.24. The zero-order valence-corrected chi connectivity index (χ0v) is 11.4. The number of nitrogens with zero attached hydrogens (tertiary/aromatic N) is 1. The molecule has 5 heteroatoms. The summed E-state index contributed by atoms with van der Waals surface area (Å²) in [5.74, 6) is -0.539. The van der Waals surface area contributed by atoms with Gasteiger partial charge in [-0.1, -0.05) is 13.0 Å². The van der Waals surface area contributed by atoms with Crippen molar-refractivity contribution in [3.05, 3.63) is 59.4 Å². The standard InChI is InChI=1S/C15H16F2N2O/c1-3-19-15(10-7-8-18-9-12(10)17)14-11(16)5-4-6-13(14)20-2/h4-9,15,19H,3H2,1-2H3. The van der Waals surface area contributed by atoms with Gasteiger partial charge in [-0.3, -0.25) is 4.98 Å². The Hall–Kier alpha value is -2.01. The molecule has 0 fully saturated rings. The van der Waals surface area contributed by atoms with Gasteiger partial charge in [0.15, 0.2) is 0 Å². The summed E-state index contributed by atoms with van der Waals surface area (Å²) in [6.45, 7) is 2.43. The summed E-state index contributed by atoms with van der Waals surface area (Å²) < 4.78 is 33.3. The molecule has 0 aliphatic rings. The van der Waals surface area contributed by atoms with Gasteiger partial charge in [0, 0.05) is 11.8 Å². The molecule has 1 atom stereocenters. The first-order chi connectivity index (χ1) is 9.69. The van der Waals surface area contributed by atoms with Gasteiger partial charge in [0.05, 0.1) is 24.9 Å². The molecule has 0 radical (unpaired) electrons. The molecule has 0 aliphatic heterocycles. The molecular formula is C15H16F2N2O. The average Bonchev–Trinajstić information content (AvgIpc) is 2.46. The minimum Gasteiger partial charge on any atom is -0.496 e. The summed E-state index contributed by atoms with van der Waals surface area (Å²) in [5.41, 5.74) is 0.632. The van der Waals surface area contributed by atoms with Crippen molar-refractivity contribution in [1.29, 1.82) is 0 Å². The van der Waals surface area contributed by atoms with E-state index >= 15 is 0 Å². The Morgan fingerprint density at radius 1 is 1.25 bits per heavy atom. The molecule has 2 aromatic rings. The van der Waals surface area contributed by atoms with Crippen molar-refractivity contribution >= 4 is 0 Å². The van der Waals surface area contributed by atoms with E-state index in [4.69, 9.17) is 4.74 Å². The van der Waals surface area contributed by atoms with Crippen molar-refractivity contribution < 1.29 is 13.5 Å². The fourth-order valence-corrected chi connectivity index (χ4v) is 2.17. The van der Waals surface area contributed by atoms with E-state index in [0.717, 1.165) is 6.20 Å². The third-order valence-electron chi connectivity index (χ3n) is 3.04. The monoisotopic (exact) mass is 278 g/mol. The highest BCUT2D eigenvalue weighted by atomic mass is 19.1. The average molecular weight is 278 g/mol. The maximum absolute atomic E-state index is 14.2. The molecule has 106 valence electrons. The molecule has 0 bridgehead atoms. The molecule has 1 aromatic carbocycles. The van der Waals surface area contributed by atoms with Crippen molar-refractivity contribution in [2.75, 3.05) is 13.7 Å². The largest absolute Gasteiger partial charge is 0.496 e. The summed E-state index contributed by atoms with van der Waals surface area (Å²) in [6.07, 6.45) is 2.60. The topological polar surface area (TPSA) is 34.2 Å². The van der Waals surface area contributed by atoms with E-state index in [0.29, 0.717) is 23.4 Å². The fourth-order valence-electron chi connectivity index (χ4n) is 2.17. The number of hydrogen-bond acceptors (Lipinski definition) is 3. The molecular weight excluding hydrogens is 262 g/mol. The molecule has 0 saturated heterocycles. The van der Waals surface area contributed by atoms with Crippen LogP contribution < -0.4 is 10.1 Å². The van der Waals surface area contributed by atoms with Crippen LogP contribution in [-0.2, 0) is 0 Å². The Morgan fingerprint density at radius 2 is 2.05 bits per heavy atom. The quantitative estimate of drug-likeness (QED) is 0.912. The van der Waals surface area contributed by atoms with Crippen LogP contribution >= 0.6 is 0 Å². The van der Waals surface area contributed by atoms with Crippen molar-refractivity contribution in [1.82, 2.24) is 10.3 Å². The number of aromatic nitrogens is 1. The Kier molecular flexibility index (Phi) is 4.63. The SMILES string of the molecule is CCNC(c1ccncc1F)c1c(F)cccc1OC. The molecule has 1 heterocycles. The van der Waals surface area contributed by atoms with Gasteiger partial charge in [-0.15, -0.1) is 0 Å². The van der Waals surface area contributed by atoms with Crippen LogP contribution in [0.15, 0.2) is 36.7 Å². The van der Waals surface area contributed by atoms with Crippen LogP contribution in [0.25, 0.3) is 0 Å². The number of ether oxygens (including phenoxy) is 1. The van der Waals surface area contributed by atoms with Crippen LogP contribution in [0.5, 0.6) is 5.75 Å². The van der Waals surface area contributed by atoms with Gasteiger partial charge in [0.2, 0.25) is 0 Å². The summed E-state index contributed by atoms with van der Waals surface area (Å²) in [5, 5.41) is 3.08. The molecule has 1 unspecified atom stereocenters. The Bertz CT molecular complexity index is 590. The van der Waals surface area contributed by atoms with E-state index in [1.165, 1.54) is 25.4 Å². The molecule has 0 saturated carbocycles. The summed E-state index contributed by atoms with van der Waals surface area (Å²) >= 11 is 0. The van der Waals surface area contributed by atoms with Gasteiger partial charge in [-0.25, -0.2) is 8.78 Å². The number of pyridine rings is 1. The molecule has 3 nitrogen and oxygen atoms in total. The van der Waals surface area contributed by atoms with Gasteiger partial charge in [0.1, 0.15) is 17.4 Å². The fraction of sp³-hybridized carbons (Fsp3) is 0.267. The predicted molar refractivity (Wildman–Crippen MR) is 72.7 cm³/mol. The molecule has 1 N–H and O–H groups in total. The summed E-state index contributed by atoms with van der Waals surface area (Å²) in [4.78, 5) is 3.72. The first-order valence-corrected chi connectivity index (χ1v) is 6.34. The summed E-state index contributed by atoms with van der Waals surface area (Å²) in [7, 11) is 1.46. The zero-order chi connectivity index (χ0) is 14.5. The Balaban J connectivity index is 2.57. The van der Waals surface area contributed by atoms with E-state index in [2.05, 4.69) is 10.3 Å². The maximum atomic E-state index is 14.2. The lowest BCUT2D eigenvalue weighted by molar-refractivity contribution is 0.396. The van der Waals surface area contributed by atoms with Crippen LogP contribution in [0.3, 0.4) is 0 Å². The Morgan fingerprint density at radius 3 is 2.70 bits per heavy atom. The number of rotatable bonds is 5. The van der Waals surface area contributed by atoms with Crippen molar-refractivity contribution in [3.63, 3.8) is 0 Å². The zero-order valence-electron chi connectivity index (χ0n) is 11.4. The third-order valence-corrected chi connectivity index (χ3v) is 3.04. The van der Waals surface area contributed by atoms with Crippen molar-refractivity contribution in [3.8, 4) is 5.75 Å². The number of methoxy groups -OCH3 is 1. The van der Waals surface area contributed by atoms with E-state index in [1.807, 2.05) is 6.92 Å². The lowest BCUT2D eigenvalue weighted by Gasteiger charge is -2.22. The first-order valence-electron chi connectivity index (χ1n) is 6.34. The highest BCUT2D eigenvalue weighted by Crippen LogP contribution is 2.33. The molecule has 2 rings (SSSR count). The molecule has 1 aromatic heterocycles. The van der Waals surface area contributed by atoms with Crippen LogP contribution in [0.2, 0.25) is 0 Å². The lowest BCUT2D eigenvalue weighted by Crippen LogP contribution is -2.24. The minimum atomic E-state index is -0.626. The first kappa shape index (κ1) is 14.4. The number of benzene rings is 1. The molecule has 0 amide bonds. The Labute approximate surface area is 116 Å². The van der Waals surface area contributed by atoms with E-state index in [1.54, 1.807) is 12.1 Å². The van der Waals surface area contributed by atoms with Gasteiger partial charge in [-0.05, 0) is 24.7 Å². The molecule has 0 spiro atoms. The van der Waals surface area contributed by atoms with Crippen LogP contribution in [-0.4, -0.2) is 18.6 Å². The number of nitrogens with one attached hydrogen (secondary N) is 1. The van der Waals surface area contributed by atoms with Crippen LogP contribution in [0.4, 0.5) is 8.78 Å². The normalized spacial score (nSPS) is 12.2. The molecule has 20 heavy (non-hydrogen) atoms. The second kappa shape index (κ2) is 6.43. The smallest absolute Gasteiger partial charge is 0.146 e. The summed E-state index contributed by atoms with van der Waals surface area (Å²) in [6, 6.07) is 5.46. The second-order valence-electron chi connectivity index (χ2n) is 4.24. The third kappa shape index (κ3) is 2.77. The lowest BCUT2D eigenvalue weighted by atomic mass is 9.97. The predicted octanol–water partition coefficient (Wildman–Crippen LogP) is 3.07. The van der Waals surface area contributed by atoms with Gasteiger partial charge < -0.3 is 10.1 Å². The van der Waals surface area contributed by atoms with Crippen molar-refractivity contribution in [2.45, 2.75) is 13.0 Å². The highest BCUT2D eigenvalue weighted by Gasteiger charge is 2.23. The van der Waals surface area contributed by atoms with E-state index < -0.39 is 17.7 Å². The van der Waals surface area contributed by atoms with Crippen LogP contribution in [0, 0.1) is 11.6 Å². The highest BCUT2D eigenvalue weighted by molar-refractivity contribution is 5.42. The minimum absolute atomic E-state index is 0.293. The van der Waals surface area contributed by atoms with Gasteiger partial charge in [-0.2, -0.15) is 0 Å². The van der Waals surface area contributed by atoms with Gasteiger partial charge in [0.25, 0.3) is 0 Å². The maximum Gasteiger partial charge on any atom is 0.146 e.